The van der Waals surface area contributed by atoms with Crippen molar-refractivity contribution in [1.82, 2.24) is 9.88 Å². The minimum Gasteiger partial charge on any atom is -0.494 e. The first-order valence-electron chi connectivity index (χ1n) is 6.20. The van der Waals surface area contributed by atoms with Gasteiger partial charge in [0.2, 0.25) is 0 Å². The average Bonchev–Trinajstić information content (AvgIpc) is 2.47. The summed E-state index contributed by atoms with van der Waals surface area (Å²) in [5.41, 5.74) is 1.29. The summed E-state index contributed by atoms with van der Waals surface area (Å²) in [6.07, 6.45) is 3.21. The molecule has 0 fully saturated rings. The number of carbonyl (C=O) groups is 1. The van der Waals surface area contributed by atoms with Crippen molar-refractivity contribution in [3.05, 3.63) is 57.2 Å². The molecule has 2 aromatic rings. The third kappa shape index (κ3) is 3.69. The van der Waals surface area contributed by atoms with Gasteiger partial charge in [-0.05, 0) is 46.4 Å². The number of pyridine rings is 1. The lowest BCUT2D eigenvalue weighted by Gasteiger charge is -2.18. The minimum absolute atomic E-state index is 0.127. The van der Waals surface area contributed by atoms with Gasteiger partial charge in [-0.2, -0.15) is 0 Å². The quantitative estimate of drug-likeness (QED) is 0.741. The first-order chi connectivity index (χ1) is 10.0. The van der Waals surface area contributed by atoms with Gasteiger partial charge >= 0.3 is 0 Å². The van der Waals surface area contributed by atoms with Crippen LogP contribution in [0.25, 0.3) is 0 Å². The maximum Gasteiger partial charge on any atom is 0.255 e. The molecule has 0 spiro atoms. The number of methoxy groups -OCH3 is 1. The molecular formula is C15H14FIN2O2. The van der Waals surface area contributed by atoms with Crippen molar-refractivity contribution in [2.75, 3.05) is 14.2 Å². The van der Waals surface area contributed by atoms with Crippen LogP contribution in [0.1, 0.15) is 15.9 Å². The van der Waals surface area contributed by atoms with Gasteiger partial charge in [-0.1, -0.05) is 6.07 Å². The third-order valence-electron chi connectivity index (χ3n) is 2.99. The van der Waals surface area contributed by atoms with Crippen LogP contribution in [0.2, 0.25) is 0 Å². The predicted molar refractivity (Wildman–Crippen MR) is 85.7 cm³/mol. The predicted octanol–water partition coefficient (Wildman–Crippen LogP) is 3.11. The fraction of sp³-hybridized carbons (Fsp3) is 0.200. The van der Waals surface area contributed by atoms with E-state index < -0.39 is 5.82 Å². The van der Waals surface area contributed by atoms with Crippen molar-refractivity contribution >= 4 is 28.5 Å². The Kier molecular flexibility index (Phi) is 5.11. The zero-order chi connectivity index (χ0) is 15.4. The van der Waals surface area contributed by atoms with E-state index in [1.165, 1.54) is 13.2 Å². The Morgan fingerprint density at radius 2 is 2.19 bits per heavy atom. The highest BCUT2D eigenvalue weighted by molar-refractivity contribution is 14.1. The SMILES string of the molecule is COc1ccc(CN(C)C(=O)c2ccncc2I)cc1F. The molecule has 0 aliphatic heterocycles. The van der Waals surface area contributed by atoms with Gasteiger partial charge in [0.25, 0.3) is 5.91 Å². The fourth-order valence-electron chi connectivity index (χ4n) is 1.91. The Morgan fingerprint density at radius 1 is 1.43 bits per heavy atom. The van der Waals surface area contributed by atoms with E-state index in [4.69, 9.17) is 4.74 Å². The molecule has 1 heterocycles. The van der Waals surface area contributed by atoms with Gasteiger partial charge < -0.3 is 9.64 Å². The number of hydrogen-bond acceptors (Lipinski definition) is 3. The monoisotopic (exact) mass is 400 g/mol. The van der Waals surface area contributed by atoms with Crippen LogP contribution < -0.4 is 4.74 Å². The molecule has 0 saturated heterocycles. The smallest absolute Gasteiger partial charge is 0.255 e. The van der Waals surface area contributed by atoms with Crippen LogP contribution in [0.15, 0.2) is 36.7 Å². The summed E-state index contributed by atoms with van der Waals surface area (Å²) in [7, 11) is 3.10. The van der Waals surface area contributed by atoms with Gasteiger partial charge in [0, 0.05) is 29.6 Å². The van der Waals surface area contributed by atoms with Crippen LogP contribution in [0.3, 0.4) is 0 Å². The van der Waals surface area contributed by atoms with E-state index >= 15 is 0 Å². The highest BCUT2D eigenvalue weighted by Gasteiger charge is 2.15. The third-order valence-corrected chi connectivity index (χ3v) is 3.85. The number of amides is 1. The first kappa shape index (κ1) is 15.7. The second-order valence-corrected chi connectivity index (χ2v) is 5.65. The Balaban J connectivity index is 2.14. The summed E-state index contributed by atoms with van der Waals surface area (Å²) in [5, 5.41) is 0. The van der Waals surface area contributed by atoms with E-state index in [1.807, 2.05) is 0 Å². The van der Waals surface area contributed by atoms with E-state index in [0.717, 1.165) is 3.57 Å². The van der Waals surface area contributed by atoms with Crippen LogP contribution in [-0.4, -0.2) is 29.9 Å². The lowest BCUT2D eigenvalue weighted by Crippen LogP contribution is -2.27. The fourth-order valence-corrected chi connectivity index (χ4v) is 2.48. The second-order valence-electron chi connectivity index (χ2n) is 4.49. The number of carbonyl (C=O) groups excluding carboxylic acids is 1. The molecule has 4 nitrogen and oxygen atoms in total. The van der Waals surface area contributed by atoms with Gasteiger partial charge in [0.05, 0.1) is 12.7 Å². The van der Waals surface area contributed by atoms with Crippen LogP contribution >= 0.6 is 22.6 Å². The Morgan fingerprint density at radius 3 is 2.81 bits per heavy atom. The van der Waals surface area contributed by atoms with Crippen LogP contribution in [-0.2, 0) is 6.54 Å². The van der Waals surface area contributed by atoms with Crippen molar-refractivity contribution in [3.8, 4) is 5.75 Å². The summed E-state index contributed by atoms with van der Waals surface area (Å²) in [4.78, 5) is 17.9. The normalized spacial score (nSPS) is 10.3. The first-order valence-corrected chi connectivity index (χ1v) is 7.28. The molecule has 0 saturated carbocycles. The van der Waals surface area contributed by atoms with E-state index in [0.29, 0.717) is 17.7 Å². The molecule has 0 atom stereocenters. The van der Waals surface area contributed by atoms with Crippen molar-refractivity contribution in [1.29, 1.82) is 0 Å². The number of halogens is 2. The summed E-state index contributed by atoms with van der Waals surface area (Å²) in [5.74, 6) is -0.372. The molecule has 2 rings (SSSR count). The number of benzene rings is 1. The molecule has 1 amide bonds. The topological polar surface area (TPSA) is 42.4 Å². The molecule has 6 heteroatoms. The van der Waals surface area contributed by atoms with Crippen molar-refractivity contribution in [3.63, 3.8) is 0 Å². The molecule has 0 bridgehead atoms. The Bertz CT molecular complexity index is 664. The Hall–Kier alpha value is -1.70. The molecule has 0 radical (unpaired) electrons. The lowest BCUT2D eigenvalue weighted by atomic mass is 10.1. The zero-order valence-electron chi connectivity index (χ0n) is 11.6. The standard InChI is InChI=1S/C15H14FIN2O2/c1-19(15(20)11-5-6-18-8-13(11)17)9-10-3-4-14(21-2)12(16)7-10/h3-8H,9H2,1-2H3. The summed E-state index contributed by atoms with van der Waals surface area (Å²) in [6, 6.07) is 6.34. The molecule has 0 unspecified atom stereocenters. The average molecular weight is 400 g/mol. The maximum absolute atomic E-state index is 13.7. The van der Waals surface area contributed by atoms with Gasteiger partial charge in [-0.3, -0.25) is 9.78 Å². The number of ether oxygens (including phenoxy) is 1. The summed E-state index contributed by atoms with van der Waals surface area (Å²) >= 11 is 2.07. The van der Waals surface area contributed by atoms with E-state index in [1.54, 1.807) is 42.5 Å². The molecular weight excluding hydrogens is 386 g/mol. The largest absolute Gasteiger partial charge is 0.494 e. The van der Waals surface area contributed by atoms with Crippen LogP contribution in [0, 0.1) is 9.39 Å². The van der Waals surface area contributed by atoms with Gasteiger partial charge in [0.15, 0.2) is 11.6 Å². The van der Waals surface area contributed by atoms with Crippen molar-refractivity contribution < 1.29 is 13.9 Å². The highest BCUT2D eigenvalue weighted by Crippen LogP contribution is 2.19. The lowest BCUT2D eigenvalue weighted by molar-refractivity contribution is 0.0783. The Labute approximate surface area is 136 Å². The van der Waals surface area contributed by atoms with Crippen LogP contribution in [0.5, 0.6) is 5.75 Å². The summed E-state index contributed by atoms with van der Waals surface area (Å²) in [6.45, 7) is 0.318. The minimum atomic E-state index is -0.436. The van der Waals surface area contributed by atoms with Crippen molar-refractivity contribution in [2.45, 2.75) is 6.54 Å². The summed E-state index contributed by atoms with van der Waals surface area (Å²) < 4.78 is 19.3. The van der Waals surface area contributed by atoms with Gasteiger partial charge in [-0.25, -0.2) is 4.39 Å². The molecule has 0 aliphatic rings. The molecule has 0 N–H and O–H groups in total. The molecule has 0 aliphatic carbocycles. The molecule has 110 valence electrons. The van der Waals surface area contributed by atoms with Gasteiger partial charge in [-0.15, -0.1) is 0 Å². The van der Waals surface area contributed by atoms with E-state index in [2.05, 4.69) is 27.6 Å². The van der Waals surface area contributed by atoms with E-state index in [-0.39, 0.29) is 11.7 Å². The number of nitrogens with zero attached hydrogens (tertiary/aromatic N) is 2. The number of rotatable bonds is 4. The highest BCUT2D eigenvalue weighted by atomic mass is 127. The van der Waals surface area contributed by atoms with Crippen molar-refractivity contribution in [2.24, 2.45) is 0 Å². The number of hydrogen-bond donors (Lipinski definition) is 0. The van der Waals surface area contributed by atoms with Gasteiger partial charge in [0.1, 0.15) is 0 Å². The number of aromatic nitrogens is 1. The molecule has 21 heavy (non-hydrogen) atoms. The molecule has 1 aromatic heterocycles. The zero-order valence-corrected chi connectivity index (χ0v) is 13.8. The second kappa shape index (κ2) is 6.84. The van der Waals surface area contributed by atoms with E-state index in [9.17, 15) is 9.18 Å². The maximum atomic E-state index is 13.7. The molecule has 1 aromatic carbocycles. The van der Waals surface area contributed by atoms with Crippen LogP contribution in [0.4, 0.5) is 4.39 Å².